The van der Waals surface area contributed by atoms with E-state index in [1.165, 1.54) is 6.92 Å². The van der Waals surface area contributed by atoms with Gasteiger partial charge in [0.2, 0.25) is 11.8 Å². The predicted octanol–water partition coefficient (Wildman–Crippen LogP) is 1.31. The van der Waals surface area contributed by atoms with Crippen LogP contribution in [0.5, 0.6) is 0 Å². The highest BCUT2D eigenvalue weighted by Gasteiger charge is 2.45. The Bertz CT molecular complexity index is 699. The van der Waals surface area contributed by atoms with Gasteiger partial charge in [-0.15, -0.1) is 12.4 Å². The van der Waals surface area contributed by atoms with Crippen molar-refractivity contribution >= 4 is 30.2 Å². The minimum Gasteiger partial charge on any atom is -0.480 e. The summed E-state index contributed by atoms with van der Waals surface area (Å²) in [5, 5.41) is 15.0. The average Bonchev–Trinajstić information content (AvgIpc) is 3.22. The van der Waals surface area contributed by atoms with Crippen LogP contribution in [0.4, 0.5) is 0 Å². The molecule has 2 aliphatic rings. The summed E-state index contributed by atoms with van der Waals surface area (Å²) < 4.78 is 0. The first-order valence-electron chi connectivity index (χ1n) is 9.55. The lowest BCUT2D eigenvalue weighted by Crippen LogP contribution is -2.56. The van der Waals surface area contributed by atoms with Gasteiger partial charge in [-0.2, -0.15) is 0 Å². The molecule has 0 aliphatic carbocycles. The molecule has 0 radical (unpaired) electrons. The van der Waals surface area contributed by atoms with E-state index in [4.69, 9.17) is 5.11 Å². The minimum absolute atomic E-state index is 0. The fourth-order valence-electron chi connectivity index (χ4n) is 4.03. The third-order valence-electron chi connectivity index (χ3n) is 5.77. The van der Waals surface area contributed by atoms with E-state index in [-0.39, 0.29) is 30.3 Å². The number of carboxylic acid groups (broad SMARTS) is 1. The number of halogens is 1. The number of likely N-dealkylation sites (tertiary alicyclic amines) is 1. The molecule has 2 heterocycles. The number of aliphatic carboxylic acids is 1. The van der Waals surface area contributed by atoms with Crippen LogP contribution in [0.1, 0.15) is 38.2 Å². The number of piperidine rings is 1. The van der Waals surface area contributed by atoms with Crippen LogP contribution in [-0.4, -0.2) is 59.5 Å². The van der Waals surface area contributed by atoms with Crippen LogP contribution in [0.3, 0.4) is 0 Å². The Morgan fingerprint density at radius 2 is 1.86 bits per heavy atom. The number of nitrogens with one attached hydrogen (secondary N) is 2. The molecule has 1 aromatic carbocycles. The molecule has 7 nitrogen and oxygen atoms in total. The van der Waals surface area contributed by atoms with Crippen LogP contribution >= 0.6 is 12.4 Å². The fourth-order valence-corrected chi connectivity index (χ4v) is 4.03. The lowest BCUT2D eigenvalue weighted by Gasteiger charge is -2.42. The number of carbonyl (C=O) groups is 3. The lowest BCUT2D eigenvalue weighted by atomic mass is 9.71. The highest BCUT2D eigenvalue weighted by atomic mass is 35.5. The average molecular weight is 410 g/mol. The monoisotopic (exact) mass is 409 g/mol. The van der Waals surface area contributed by atoms with Crippen molar-refractivity contribution in [1.29, 1.82) is 0 Å². The number of hydrogen-bond acceptors (Lipinski definition) is 4. The Labute approximate surface area is 171 Å². The number of hydrogen-bond donors (Lipinski definition) is 3. The first-order valence-corrected chi connectivity index (χ1v) is 9.55. The highest BCUT2D eigenvalue weighted by molar-refractivity contribution is 5.92. The van der Waals surface area contributed by atoms with Gasteiger partial charge in [-0.1, -0.05) is 30.3 Å². The van der Waals surface area contributed by atoms with Crippen LogP contribution in [0, 0.1) is 0 Å². The quantitative estimate of drug-likeness (QED) is 0.681. The van der Waals surface area contributed by atoms with Crippen LogP contribution < -0.4 is 10.6 Å². The van der Waals surface area contributed by atoms with Crippen LogP contribution in [0.15, 0.2) is 30.3 Å². The number of carbonyl (C=O) groups excluding carboxylic acids is 2. The van der Waals surface area contributed by atoms with Crippen molar-refractivity contribution in [2.45, 2.75) is 50.1 Å². The Morgan fingerprint density at radius 3 is 2.39 bits per heavy atom. The molecule has 2 fully saturated rings. The Morgan fingerprint density at radius 1 is 1.21 bits per heavy atom. The van der Waals surface area contributed by atoms with Gasteiger partial charge in [-0.3, -0.25) is 14.4 Å². The first-order chi connectivity index (χ1) is 12.9. The normalized spacial score (nSPS) is 22.0. The van der Waals surface area contributed by atoms with Gasteiger partial charge in [0.15, 0.2) is 0 Å². The summed E-state index contributed by atoms with van der Waals surface area (Å²) in [6, 6.07) is 8.38. The summed E-state index contributed by atoms with van der Waals surface area (Å²) in [6.45, 7) is 3.30. The van der Waals surface area contributed by atoms with E-state index < -0.39 is 17.4 Å². The van der Waals surface area contributed by atoms with Crippen molar-refractivity contribution in [3.8, 4) is 0 Å². The van der Waals surface area contributed by atoms with Gasteiger partial charge in [0.05, 0.1) is 11.5 Å². The summed E-state index contributed by atoms with van der Waals surface area (Å²) in [4.78, 5) is 38.8. The van der Waals surface area contributed by atoms with Gasteiger partial charge in [-0.05, 0) is 44.7 Å². The maximum Gasteiger partial charge on any atom is 0.325 e. The van der Waals surface area contributed by atoms with Gasteiger partial charge < -0.3 is 20.6 Å². The van der Waals surface area contributed by atoms with Crippen molar-refractivity contribution in [2.24, 2.45) is 0 Å². The molecule has 2 amide bonds. The fraction of sp³-hybridized carbons (Fsp3) is 0.550. The molecule has 0 spiro atoms. The Kier molecular flexibility index (Phi) is 7.43. The van der Waals surface area contributed by atoms with E-state index in [2.05, 4.69) is 10.6 Å². The number of nitrogens with zero attached hydrogens (tertiary/aromatic N) is 1. The Hall–Kier alpha value is -2.12. The van der Waals surface area contributed by atoms with Gasteiger partial charge in [0.25, 0.3) is 0 Å². The van der Waals surface area contributed by atoms with Crippen molar-refractivity contribution in [3.05, 3.63) is 35.9 Å². The Balaban J connectivity index is 0.00000280. The van der Waals surface area contributed by atoms with Crippen molar-refractivity contribution in [1.82, 2.24) is 15.5 Å². The van der Waals surface area contributed by atoms with Gasteiger partial charge in [0, 0.05) is 13.1 Å². The third kappa shape index (κ3) is 4.47. The first kappa shape index (κ1) is 22.2. The number of carboxylic acids is 1. The van der Waals surface area contributed by atoms with Gasteiger partial charge in [0.1, 0.15) is 6.04 Å². The molecule has 3 rings (SSSR count). The molecule has 2 aliphatic heterocycles. The molecule has 28 heavy (non-hydrogen) atoms. The second kappa shape index (κ2) is 9.39. The summed E-state index contributed by atoms with van der Waals surface area (Å²) in [6.07, 6.45) is 2.82. The molecule has 0 unspecified atom stereocenters. The summed E-state index contributed by atoms with van der Waals surface area (Å²) in [7, 11) is 0. The molecule has 0 bridgehead atoms. The zero-order valence-corrected chi connectivity index (χ0v) is 16.8. The molecule has 1 aromatic rings. The summed E-state index contributed by atoms with van der Waals surface area (Å²) in [5.74, 6) is -1.24. The highest BCUT2D eigenvalue weighted by Crippen LogP contribution is 2.36. The van der Waals surface area contributed by atoms with Gasteiger partial charge >= 0.3 is 5.97 Å². The van der Waals surface area contributed by atoms with Crippen molar-refractivity contribution < 1.29 is 19.5 Å². The molecule has 0 saturated carbocycles. The number of rotatable bonds is 5. The predicted molar refractivity (Wildman–Crippen MR) is 107 cm³/mol. The van der Waals surface area contributed by atoms with E-state index in [1.54, 1.807) is 0 Å². The minimum atomic E-state index is -1.06. The second-order valence-electron chi connectivity index (χ2n) is 7.46. The van der Waals surface area contributed by atoms with Crippen molar-refractivity contribution in [2.75, 3.05) is 19.6 Å². The molecular weight excluding hydrogens is 382 g/mol. The maximum atomic E-state index is 13.1. The third-order valence-corrected chi connectivity index (χ3v) is 5.77. The molecule has 8 heteroatoms. The summed E-state index contributed by atoms with van der Waals surface area (Å²) in [5.41, 5.74) is 0.0522. The van der Waals surface area contributed by atoms with E-state index in [9.17, 15) is 14.4 Å². The van der Waals surface area contributed by atoms with Gasteiger partial charge in [-0.25, -0.2) is 0 Å². The smallest absolute Gasteiger partial charge is 0.325 e. The van der Waals surface area contributed by atoms with E-state index in [0.29, 0.717) is 25.9 Å². The summed E-state index contributed by atoms with van der Waals surface area (Å²) >= 11 is 0. The van der Waals surface area contributed by atoms with Crippen LogP contribution in [-0.2, 0) is 19.8 Å². The van der Waals surface area contributed by atoms with E-state index >= 15 is 0 Å². The zero-order chi connectivity index (χ0) is 19.4. The van der Waals surface area contributed by atoms with E-state index in [1.807, 2.05) is 35.2 Å². The topological polar surface area (TPSA) is 98.7 Å². The van der Waals surface area contributed by atoms with Crippen molar-refractivity contribution in [3.63, 3.8) is 0 Å². The standard InChI is InChI=1S/C20H27N3O4.ClH/c1-14(18(25)26)22-19(27)20(15-6-3-2-4-7-15)9-12-23(13-10-20)17(24)16-8-5-11-21-16;/h2-4,6-7,14,16,21H,5,8-13H2,1H3,(H,22,27)(H,25,26);1H/t14-,16+;/m1./s1. The molecular formula is C20H28ClN3O4. The van der Waals surface area contributed by atoms with Crippen LogP contribution in [0.2, 0.25) is 0 Å². The molecule has 0 aromatic heterocycles. The second-order valence-corrected chi connectivity index (χ2v) is 7.46. The van der Waals surface area contributed by atoms with Crippen LogP contribution in [0.25, 0.3) is 0 Å². The lowest BCUT2D eigenvalue weighted by molar-refractivity contribution is -0.143. The SMILES string of the molecule is C[C@@H](NC(=O)C1(c2ccccc2)CCN(C(=O)[C@@H]2CCCN2)CC1)C(=O)O.Cl. The number of benzene rings is 1. The largest absolute Gasteiger partial charge is 0.480 e. The molecule has 2 atom stereocenters. The number of amides is 2. The molecule has 3 N–H and O–H groups in total. The zero-order valence-electron chi connectivity index (χ0n) is 16.0. The molecule has 154 valence electrons. The maximum absolute atomic E-state index is 13.1. The molecule has 2 saturated heterocycles. The van der Waals surface area contributed by atoms with E-state index in [0.717, 1.165) is 24.9 Å².